The summed E-state index contributed by atoms with van der Waals surface area (Å²) in [7, 11) is 0. The largest absolute Gasteiger partial charge is 0.396 e. The molecule has 5 N–H and O–H groups in total. The van der Waals surface area contributed by atoms with Crippen molar-refractivity contribution in [3.05, 3.63) is 12.1 Å². The third-order valence-electron chi connectivity index (χ3n) is 4.25. The van der Waals surface area contributed by atoms with Gasteiger partial charge in [0.15, 0.2) is 5.82 Å². The number of carbonyl (C=O) groups excluding carboxylic acids is 1. The van der Waals surface area contributed by atoms with Gasteiger partial charge in [-0.25, -0.2) is 4.98 Å². The van der Waals surface area contributed by atoms with Crippen molar-refractivity contribution in [3.63, 3.8) is 0 Å². The third kappa shape index (κ3) is 2.67. The van der Waals surface area contributed by atoms with E-state index in [9.17, 15) is 15.0 Å². The average Bonchev–Trinajstić information content (AvgIpc) is 3.08. The molecule has 0 aromatic carbocycles. The van der Waals surface area contributed by atoms with Crippen molar-refractivity contribution in [2.24, 2.45) is 0 Å². The molecular weight excluding hydrogens is 286 g/mol. The summed E-state index contributed by atoms with van der Waals surface area (Å²) in [5.74, 6) is 1.29. The maximum absolute atomic E-state index is 10.7. The van der Waals surface area contributed by atoms with Crippen LogP contribution in [-0.4, -0.2) is 59.6 Å². The highest BCUT2D eigenvalue weighted by atomic mass is 16.3. The highest BCUT2D eigenvalue weighted by Crippen LogP contribution is 2.30. The summed E-state index contributed by atoms with van der Waals surface area (Å²) in [6.45, 7) is 1.82. The molecule has 8 nitrogen and oxygen atoms in total. The lowest BCUT2D eigenvalue weighted by Crippen LogP contribution is -2.46. The number of aliphatic hydroxyl groups is 2. The van der Waals surface area contributed by atoms with Crippen LogP contribution in [0.3, 0.4) is 0 Å². The molecule has 2 fully saturated rings. The number of aliphatic hydroxyl groups excluding tert-OH is 2. The smallest absolute Gasteiger partial charge is 0.208 e. The van der Waals surface area contributed by atoms with Gasteiger partial charge >= 0.3 is 0 Å². The fraction of sp³-hybridized carbons (Fsp3) is 0.571. The molecule has 0 saturated carbocycles. The monoisotopic (exact) mass is 307 g/mol. The fourth-order valence-corrected chi connectivity index (χ4v) is 3.10. The van der Waals surface area contributed by atoms with Crippen molar-refractivity contribution in [1.29, 1.82) is 0 Å². The summed E-state index contributed by atoms with van der Waals surface area (Å²) in [5.41, 5.74) is 6.56. The van der Waals surface area contributed by atoms with Gasteiger partial charge in [0.25, 0.3) is 0 Å². The molecular formula is C14H21N5O3. The van der Waals surface area contributed by atoms with Crippen molar-refractivity contribution >= 4 is 23.7 Å². The molecule has 22 heavy (non-hydrogen) atoms. The summed E-state index contributed by atoms with van der Waals surface area (Å²) in [4.78, 5) is 19.1. The van der Waals surface area contributed by atoms with Crippen LogP contribution in [0.25, 0.3) is 0 Å². The lowest BCUT2D eigenvalue weighted by molar-refractivity contribution is -0.110. The maximum Gasteiger partial charge on any atom is 0.208 e. The topological polar surface area (TPSA) is 115 Å². The van der Waals surface area contributed by atoms with Gasteiger partial charge in [0.1, 0.15) is 12.0 Å². The van der Waals surface area contributed by atoms with Crippen LogP contribution in [0.4, 0.5) is 17.3 Å². The molecule has 3 heterocycles. The highest BCUT2D eigenvalue weighted by Gasteiger charge is 2.34. The number of nitrogens with one attached hydrogen (secondary N) is 1. The first-order valence-corrected chi connectivity index (χ1v) is 7.44. The molecule has 0 aliphatic carbocycles. The average molecular weight is 307 g/mol. The minimum absolute atomic E-state index is 0.358. The van der Waals surface area contributed by atoms with E-state index in [1.54, 1.807) is 12.1 Å². The van der Waals surface area contributed by atoms with Crippen molar-refractivity contribution in [2.75, 3.05) is 35.2 Å². The van der Waals surface area contributed by atoms with Gasteiger partial charge in [0.2, 0.25) is 6.41 Å². The van der Waals surface area contributed by atoms with Gasteiger partial charge in [-0.05, 0) is 25.0 Å². The third-order valence-corrected chi connectivity index (χ3v) is 4.25. The van der Waals surface area contributed by atoms with Gasteiger partial charge in [-0.3, -0.25) is 4.79 Å². The second kappa shape index (κ2) is 5.98. The number of anilines is 3. The molecule has 0 radical (unpaired) electrons. The van der Waals surface area contributed by atoms with E-state index >= 15 is 0 Å². The van der Waals surface area contributed by atoms with Crippen LogP contribution in [0, 0.1) is 0 Å². The van der Waals surface area contributed by atoms with E-state index in [4.69, 9.17) is 5.73 Å². The number of carbonyl (C=O) groups is 1. The molecule has 2 saturated heterocycles. The number of hydrogen-bond acceptors (Lipinski definition) is 7. The van der Waals surface area contributed by atoms with E-state index in [1.807, 2.05) is 9.80 Å². The lowest BCUT2D eigenvalue weighted by atomic mass is 10.3. The van der Waals surface area contributed by atoms with Crippen molar-refractivity contribution < 1.29 is 15.0 Å². The number of pyridine rings is 1. The summed E-state index contributed by atoms with van der Waals surface area (Å²) >= 11 is 0. The van der Waals surface area contributed by atoms with E-state index in [-0.39, 0.29) is 6.10 Å². The summed E-state index contributed by atoms with van der Waals surface area (Å²) in [6.07, 6.45) is 0.384. The first-order chi connectivity index (χ1) is 10.6. The lowest BCUT2D eigenvalue weighted by Gasteiger charge is -2.28. The quantitative estimate of drug-likeness (QED) is 0.521. The van der Waals surface area contributed by atoms with Crippen LogP contribution in [-0.2, 0) is 4.79 Å². The van der Waals surface area contributed by atoms with Crippen LogP contribution in [0.5, 0.6) is 0 Å². The summed E-state index contributed by atoms with van der Waals surface area (Å²) in [5, 5.41) is 22.3. The van der Waals surface area contributed by atoms with Gasteiger partial charge in [0.05, 0.1) is 17.9 Å². The van der Waals surface area contributed by atoms with Gasteiger partial charge < -0.3 is 31.1 Å². The molecule has 8 heteroatoms. The van der Waals surface area contributed by atoms with Crippen LogP contribution in [0.15, 0.2) is 12.1 Å². The number of nitrogens with zero attached hydrogens (tertiary/aromatic N) is 3. The fourth-order valence-electron chi connectivity index (χ4n) is 3.10. The zero-order valence-corrected chi connectivity index (χ0v) is 12.2. The number of β-amino-alcohol motifs (C(OH)–C–C–N with tert-alkyl or cyclic N) is 1. The van der Waals surface area contributed by atoms with E-state index in [2.05, 4.69) is 10.3 Å². The molecule has 1 amide bonds. The van der Waals surface area contributed by atoms with Crippen LogP contribution in [0.1, 0.15) is 12.8 Å². The molecule has 1 aromatic rings. The van der Waals surface area contributed by atoms with Gasteiger partial charge in [0, 0.05) is 19.6 Å². The molecule has 3 unspecified atom stereocenters. The normalized spacial score (nSPS) is 28.2. The van der Waals surface area contributed by atoms with E-state index in [0.29, 0.717) is 56.2 Å². The first-order valence-electron chi connectivity index (χ1n) is 7.44. The zero-order chi connectivity index (χ0) is 15.7. The second-order valence-corrected chi connectivity index (χ2v) is 5.75. The SMILES string of the molecule is Nc1ccc(N2CCC(O)C2NC=O)nc1N1CCC(O)C1. The second-order valence-electron chi connectivity index (χ2n) is 5.75. The molecule has 0 bridgehead atoms. The zero-order valence-electron chi connectivity index (χ0n) is 12.2. The van der Waals surface area contributed by atoms with E-state index in [0.717, 1.165) is 0 Å². The van der Waals surface area contributed by atoms with Gasteiger partial charge in [-0.2, -0.15) is 0 Å². The molecule has 3 rings (SSSR count). The Morgan fingerprint density at radius 3 is 2.82 bits per heavy atom. The number of nitrogen functional groups attached to an aromatic ring is 1. The standard InChI is InChI=1S/C14H21N5O3/c15-10-1-2-12(17-13(10)18-5-3-9(21)7-18)19-6-4-11(22)14(19)16-8-20/h1-2,8-9,11,14,21-22H,3-7,15H2,(H,16,20). The molecule has 120 valence electrons. The Morgan fingerprint density at radius 1 is 1.32 bits per heavy atom. The predicted molar refractivity (Wildman–Crippen MR) is 82.4 cm³/mol. The number of aromatic nitrogens is 1. The number of amides is 1. The Labute approximate surface area is 128 Å². The Balaban J connectivity index is 1.87. The van der Waals surface area contributed by atoms with Crippen molar-refractivity contribution in [2.45, 2.75) is 31.2 Å². The highest BCUT2D eigenvalue weighted by molar-refractivity contribution is 5.67. The number of rotatable bonds is 4. The van der Waals surface area contributed by atoms with Gasteiger partial charge in [-0.1, -0.05) is 0 Å². The molecule has 0 spiro atoms. The Bertz CT molecular complexity index is 555. The summed E-state index contributed by atoms with van der Waals surface area (Å²) < 4.78 is 0. The van der Waals surface area contributed by atoms with Crippen molar-refractivity contribution in [1.82, 2.24) is 10.3 Å². The van der Waals surface area contributed by atoms with Crippen LogP contribution >= 0.6 is 0 Å². The van der Waals surface area contributed by atoms with Crippen LogP contribution < -0.4 is 20.9 Å². The molecule has 2 aliphatic rings. The molecule has 3 atom stereocenters. The van der Waals surface area contributed by atoms with Crippen molar-refractivity contribution in [3.8, 4) is 0 Å². The Hall–Kier alpha value is -2.06. The first kappa shape index (κ1) is 14.9. The predicted octanol–water partition coefficient (Wildman–Crippen LogP) is -1.12. The van der Waals surface area contributed by atoms with E-state index in [1.165, 1.54) is 0 Å². The number of nitrogens with two attached hydrogens (primary N) is 1. The van der Waals surface area contributed by atoms with Crippen LogP contribution in [0.2, 0.25) is 0 Å². The Kier molecular flexibility index (Phi) is 4.04. The minimum Gasteiger partial charge on any atom is -0.396 e. The molecule has 1 aromatic heterocycles. The summed E-state index contributed by atoms with van der Waals surface area (Å²) in [6, 6.07) is 3.55. The van der Waals surface area contributed by atoms with Gasteiger partial charge in [-0.15, -0.1) is 0 Å². The number of hydrogen-bond donors (Lipinski definition) is 4. The van der Waals surface area contributed by atoms with E-state index < -0.39 is 12.3 Å². The Morgan fingerprint density at radius 2 is 2.14 bits per heavy atom. The minimum atomic E-state index is -0.624. The molecule has 2 aliphatic heterocycles. The maximum atomic E-state index is 10.7.